The summed E-state index contributed by atoms with van der Waals surface area (Å²) in [7, 11) is 1.33. The third-order valence-corrected chi connectivity index (χ3v) is 4.92. The van der Waals surface area contributed by atoms with E-state index in [0.717, 1.165) is 16.0 Å². The van der Waals surface area contributed by atoms with Crippen molar-refractivity contribution < 1.29 is 19.1 Å². The number of esters is 1. The summed E-state index contributed by atoms with van der Waals surface area (Å²) in [6, 6.07) is 18.6. The second-order valence-electron chi connectivity index (χ2n) is 5.74. The molecule has 0 bridgehead atoms. The van der Waals surface area contributed by atoms with Gasteiger partial charge in [-0.05, 0) is 24.6 Å². The van der Waals surface area contributed by atoms with Crippen molar-refractivity contribution in [1.82, 2.24) is 0 Å². The van der Waals surface area contributed by atoms with Crippen molar-refractivity contribution in [3.05, 3.63) is 71.1 Å². The van der Waals surface area contributed by atoms with E-state index in [1.807, 2.05) is 55.5 Å². The lowest BCUT2D eigenvalue weighted by molar-refractivity contribution is -0.118. The van der Waals surface area contributed by atoms with Crippen molar-refractivity contribution in [2.45, 2.75) is 6.92 Å². The van der Waals surface area contributed by atoms with Crippen molar-refractivity contribution in [2.75, 3.05) is 19.0 Å². The van der Waals surface area contributed by atoms with Crippen LogP contribution in [0.1, 0.15) is 15.2 Å². The van der Waals surface area contributed by atoms with Gasteiger partial charge in [-0.1, -0.05) is 48.5 Å². The quantitative estimate of drug-likeness (QED) is 0.637. The molecule has 1 aromatic heterocycles. The van der Waals surface area contributed by atoms with Gasteiger partial charge in [0.15, 0.2) is 6.61 Å². The Morgan fingerprint density at radius 3 is 2.26 bits per heavy atom. The summed E-state index contributed by atoms with van der Waals surface area (Å²) in [5.74, 6) is -0.226. The van der Waals surface area contributed by atoms with Crippen LogP contribution in [0.15, 0.2) is 60.7 Å². The number of hydrogen-bond donors (Lipinski definition) is 1. The fourth-order valence-corrected chi connectivity index (χ4v) is 3.79. The van der Waals surface area contributed by atoms with Gasteiger partial charge in [0.05, 0.1) is 7.11 Å². The number of anilines is 1. The highest BCUT2D eigenvalue weighted by Gasteiger charge is 2.25. The molecule has 0 radical (unpaired) electrons. The van der Waals surface area contributed by atoms with Crippen LogP contribution in [0.3, 0.4) is 0 Å². The van der Waals surface area contributed by atoms with Gasteiger partial charge in [0.1, 0.15) is 16.3 Å². The summed E-state index contributed by atoms with van der Waals surface area (Å²) in [5.41, 5.74) is 2.03. The maximum Gasteiger partial charge on any atom is 0.341 e. The number of para-hydroxylation sites is 1. The molecule has 0 saturated heterocycles. The van der Waals surface area contributed by atoms with Crippen molar-refractivity contribution in [1.29, 1.82) is 0 Å². The summed E-state index contributed by atoms with van der Waals surface area (Å²) in [5, 5.41) is 3.24. The monoisotopic (exact) mass is 381 g/mol. The molecule has 1 amide bonds. The van der Waals surface area contributed by atoms with Gasteiger partial charge in [0.25, 0.3) is 5.91 Å². The first-order valence-electron chi connectivity index (χ1n) is 8.35. The molecule has 138 valence electrons. The topological polar surface area (TPSA) is 64.6 Å². The van der Waals surface area contributed by atoms with Gasteiger partial charge in [0.2, 0.25) is 0 Å². The van der Waals surface area contributed by atoms with E-state index in [1.165, 1.54) is 18.4 Å². The lowest BCUT2D eigenvalue weighted by Crippen LogP contribution is -2.21. The van der Waals surface area contributed by atoms with Gasteiger partial charge in [-0.25, -0.2) is 4.79 Å². The molecule has 0 aliphatic heterocycles. The molecule has 6 heteroatoms. The van der Waals surface area contributed by atoms with Crippen LogP contribution in [0.2, 0.25) is 0 Å². The highest BCUT2D eigenvalue weighted by atomic mass is 32.1. The summed E-state index contributed by atoms with van der Waals surface area (Å²) in [4.78, 5) is 25.6. The molecule has 0 unspecified atom stereocenters. The highest BCUT2D eigenvalue weighted by Crippen LogP contribution is 2.40. The lowest BCUT2D eigenvalue weighted by Gasteiger charge is -2.09. The SMILES string of the molecule is COC(=O)c1c(NC(=O)COc2ccccc2)sc(C)c1-c1ccccc1. The van der Waals surface area contributed by atoms with E-state index in [4.69, 9.17) is 9.47 Å². The molecule has 0 spiro atoms. The van der Waals surface area contributed by atoms with Gasteiger partial charge in [-0.2, -0.15) is 0 Å². The number of ether oxygens (including phenoxy) is 2. The van der Waals surface area contributed by atoms with E-state index < -0.39 is 5.97 Å². The molecular weight excluding hydrogens is 362 g/mol. The minimum Gasteiger partial charge on any atom is -0.484 e. The molecule has 0 aliphatic rings. The minimum atomic E-state index is -0.488. The standard InChI is InChI=1S/C21H19NO4S/c1-14-18(15-9-5-3-6-10-15)19(21(24)25-2)20(27-14)22-17(23)13-26-16-11-7-4-8-12-16/h3-12H,13H2,1-2H3,(H,22,23). The van der Waals surface area contributed by atoms with Gasteiger partial charge in [-0.15, -0.1) is 11.3 Å². The fraction of sp³-hybridized carbons (Fsp3) is 0.143. The van der Waals surface area contributed by atoms with Crippen LogP contribution in [-0.2, 0) is 9.53 Å². The van der Waals surface area contributed by atoms with Crippen LogP contribution in [-0.4, -0.2) is 25.6 Å². The molecule has 1 N–H and O–H groups in total. The predicted molar refractivity (Wildman–Crippen MR) is 106 cm³/mol. The number of nitrogens with one attached hydrogen (secondary N) is 1. The molecule has 27 heavy (non-hydrogen) atoms. The highest BCUT2D eigenvalue weighted by molar-refractivity contribution is 7.17. The Morgan fingerprint density at radius 1 is 1.00 bits per heavy atom. The molecule has 0 aliphatic carbocycles. The largest absolute Gasteiger partial charge is 0.484 e. The Labute approximate surface area is 161 Å². The van der Waals surface area contributed by atoms with Crippen molar-refractivity contribution in [3.63, 3.8) is 0 Å². The number of benzene rings is 2. The van der Waals surface area contributed by atoms with Crippen molar-refractivity contribution in [3.8, 4) is 16.9 Å². The van der Waals surface area contributed by atoms with Crippen LogP contribution < -0.4 is 10.1 Å². The average Bonchev–Trinajstić information content (AvgIpc) is 3.02. The van der Waals surface area contributed by atoms with Gasteiger partial charge < -0.3 is 14.8 Å². The Balaban J connectivity index is 1.84. The number of hydrogen-bond acceptors (Lipinski definition) is 5. The van der Waals surface area contributed by atoms with E-state index in [9.17, 15) is 9.59 Å². The van der Waals surface area contributed by atoms with Gasteiger partial charge in [0, 0.05) is 10.4 Å². The van der Waals surface area contributed by atoms with E-state index in [1.54, 1.807) is 12.1 Å². The Kier molecular flexibility index (Phi) is 5.88. The first-order valence-corrected chi connectivity index (χ1v) is 9.16. The molecule has 0 fully saturated rings. The number of amides is 1. The Hall–Kier alpha value is -3.12. The summed E-state index contributed by atoms with van der Waals surface area (Å²) in [6.07, 6.45) is 0. The van der Waals surface area contributed by atoms with E-state index >= 15 is 0 Å². The summed E-state index contributed by atoms with van der Waals surface area (Å²) >= 11 is 1.34. The molecule has 3 aromatic rings. The maximum atomic E-state index is 12.4. The number of thiophene rings is 1. The minimum absolute atomic E-state index is 0.151. The molecule has 3 rings (SSSR count). The van der Waals surface area contributed by atoms with Crippen LogP contribution in [0.5, 0.6) is 5.75 Å². The molecule has 0 saturated carbocycles. The van der Waals surface area contributed by atoms with Gasteiger partial charge in [-0.3, -0.25) is 4.79 Å². The smallest absolute Gasteiger partial charge is 0.341 e. The third kappa shape index (κ3) is 4.35. The Morgan fingerprint density at radius 2 is 1.63 bits per heavy atom. The van der Waals surface area contributed by atoms with Crippen molar-refractivity contribution >= 4 is 28.2 Å². The van der Waals surface area contributed by atoms with Crippen LogP contribution in [0.4, 0.5) is 5.00 Å². The number of carbonyl (C=O) groups excluding carboxylic acids is 2. The number of methoxy groups -OCH3 is 1. The zero-order valence-corrected chi connectivity index (χ0v) is 15.8. The zero-order chi connectivity index (χ0) is 19.2. The number of carbonyl (C=O) groups is 2. The van der Waals surface area contributed by atoms with E-state index in [2.05, 4.69) is 5.32 Å². The maximum absolute atomic E-state index is 12.4. The number of rotatable bonds is 6. The molecule has 1 heterocycles. The van der Waals surface area contributed by atoms with Crippen molar-refractivity contribution in [2.24, 2.45) is 0 Å². The fourth-order valence-electron chi connectivity index (χ4n) is 2.71. The Bertz CT molecular complexity index is 936. The van der Waals surface area contributed by atoms with Crippen LogP contribution in [0.25, 0.3) is 11.1 Å². The first-order chi connectivity index (χ1) is 13.1. The number of aryl methyl sites for hydroxylation is 1. The zero-order valence-electron chi connectivity index (χ0n) is 15.0. The van der Waals surface area contributed by atoms with Gasteiger partial charge >= 0.3 is 5.97 Å². The second-order valence-corrected chi connectivity index (χ2v) is 6.97. The average molecular weight is 381 g/mol. The van der Waals surface area contributed by atoms with Crippen LogP contribution >= 0.6 is 11.3 Å². The normalized spacial score (nSPS) is 10.3. The van der Waals surface area contributed by atoms with E-state index in [-0.39, 0.29) is 12.5 Å². The molecule has 5 nitrogen and oxygen atoms in total. The second kappa shape index (κ2) is 8.51. The third-order valence-electron chi connectivity index (χ3n) is 3.90. The molecule has 0 atom stereocenters. The predicted octanol–water partition coefficient (Wildman–Crippen LogP) is 4.53. The van der Waals surface area contributed by atoms with Crippen LogP contribution in [0, 0.1) is 6.92 Å². The summed E-state index contributed by atoms with van der Waals surface area (Å²) in [6.45, 7) is 1.76. The molecule has 2 aromatic carbocycles. The van der Waals surface area contributed by atoms with E-state index in [0.29, 0.717) is 16.3 Å². The first kappa shape index (κ1) is 18.7. The lowest BCUT2D eigenvalue weighted by atomic mass is 10.0. The molecular formula is C21H19NO4S. The summed E-state index contributed by atoms with van der Waals surface area (Å²) < 4.78 is 10.4.